The zero-order valence-electron chi connectivity index (χ0n) is 16.8. The zero-order valence-corrected chi connectivity index (χ0v) is 17.6. The Morgan fingerprint density at radius 2 is 1.90 bits per heavy atom. The molecule has 160 valence electrons. The third-order valence-corrected chi connectivity index (χ3v) is 4.97. The molecular formula is C23H22ClN3O4. The van der Waals surface area contributed by atoms with Crippen LogP contribution in [0.1, 0.15) is 24.1 Å². The van der Waals surface area contributed by atoms with Crippen molar-refractivity contribution in [2.75, 3.05) is 13.1 Å². The Kier molecular flexibility index (Phi) is 7.10. The molecule has 8 heteroatoms. The number of carbonyl (C=O) groups excluding carboxylic acids is 2. The number of halogens is 1. The van der Waals surface area contributed by atoms with E-state index in [0.717, 1.165) is 5.56 Å². The first-order valence-corrected chi connectivity index (χ1v) is 9.99. The summed E-state index contributed by atoms with van der Waals surface area (Å²) < 4.78 is 0. The van der Waals surface area contributed by atoms with Crippen molar-refractivity contribution in [3.63, 3.8) is 0 Å². The van der Waals surface area contributed by atoms with Gasteiger partial charge in [-0.25, -0.2) is 4.79 Å². The molecule has 1 unspecified atom stereocenters. The SMILES string of the molecule is CC1=C(C(=O)N(CC=Cc2ccccc2)CC(=O)O)C(c2cccc(Cl)c2)NC(=O)N1. The van der Waals surface area contributed by atoms with Crippen molar-refractivity contribution in [3.05, 3.63) is 88.1 Å². The van der Waals surface area contributed by atoms with Crippen LogP contribution in [0.5, 0.6) is 0 Å². The molecule has 3 rings (SSSR count). The smallest absolute Gasteiger partial charge is 0.323 e. The van der Waals surface area contributed by atoms with Crippen LogP contribution in [0.15, 0.2) is 71.9 Å². The summed E-state index contributed by atoms with van der Waals surface area (Å²) >= 11 is 6.10. The molecule has 0 spiro atoms. The maximum atomic E-state index is 13.4. The fraction of sp³-hybridized carbons (Fsp3) is 0.174. The molecule has 3 N–H and O–H groups in total. The first-order chi connectivity index (χ1) is 14.8. The minimum absolute atomic E-state index is 0.0903. The third kappa shape index (κ3) is 5.73. The van der Waals surface area contributed by atoms with E-state index in [4.69, 9.17) is 11.6 Å². The van der Waals surface area contributed by atoms with Crippen LogP contribution in [-0.2, 0) is 9.59 Å². The summed E-state index contributed by atoms with van der Waals surface area (Å²) in [5.41, 5.74) is 2.18. The van der Waals surface area contributed by atoms with Gasteiger partial charge in [-0.2, -0.15) is 0 Å². The van der Waals surface area contributed by atoms with Crippen molar-refractivity contribution in [1.82, 2.24) is 15.5 Å². The Morgan fingerprint density at radius 1 is 1.16 bits per heavy atom. The number of urea groups is 1. The number of amides is 3. The van der Waals surface area contributed by atoms with Crippen LogP contribution in [0.3, 0.4) is 0 Å². The lowest BCUT2D eigenvalue weighted by atomic mass is 9.94. The van der Waals surface area contributed by atoms with E-state index in [0.29, 0.717) is 16.3 Å². The number of hydrogen-bond donors (Lipinski definition) is 3. The predicted molar refractivity (Wildman–Crippen MR) is 118 cm³/mol. The lowest BCUT2D eigenvalue weighted by molar-refractivity contribution is -0.142. The van der Waals surface area contributed by atoms with Crippen LogP contribution in [0, 0.1) is 0 Å². The maximum absolute atomic E-state index is 13.4. The number of nitrogens with zero attached hydrogens (tertiary/aromatic N) is 1. The van der Waals surface area contributed by atoms with Crippen molar-refractivity contribution < 1.29 is 19.5 Å². The monoisotopic (exact) mass is 439 g/mol. The van der Waals surface area contributed by atoms with Crippen molar-refractivity contribution in [2.24, 2.45) is 0 Å². The van der Waals surface area contributed by atoms with Crippen molar-refractivity contribution in [2.45, 2.75) is 13.0 Å². The molecule has 7 nitrogen and oxygen atoms in total. The molecule has 2 aromatic carbocycles. The highest BCUT2D eigenvalue weighted by atomic mass is 35.5. The minimum Gasteiger partial charge on any atom is -0.480 e. The Hall–Kier alpha value is -3.58. The largest absolute Gasteiger partial charge is 0.480 e. The van der Waals surface area contributed by atoms with Gasteiger partial charge in [-0.3, -0.25) is 9.59 Å². The van der Waals surface area contributed by atoms with Crippen molar-refractivity contribution >= 4 is 35.6 Å². The quantitative estimate of drug-likeness (QED) is 0.613. The van der Waals surface area contributed by atoms with Gasteiger partial charge in [-0.1, -0.05) is 66.2 Å². The topological polar surface area (TPSA) is 98.7 Å². The molecule has 1 aliphatic heterocycles. The standard InChI is InChI=1S/C23H22ClN3O4/c1-15-20(21(26-23(31)25-15)17-10-5-11-18(24)13-17)22(30)27(14-19(28)29)12-6-9-16-7-3-2-4-8-16/h2-11,13,21H,12,14H2,1H3,(H,28,29)(H2,25,26,31). The minimum atomic E-state index is -1.13. The maximum Gasteiger partial charge on any atom is 0.323 e. The molecular weight excluding hydrogens is 418 g/mol. The molecule has 3 amide bonds. The summed E-state index contributed by atoms with van der Waals surface area (Å²) in [6.07, 6.45) is 3.55. The molecule has 0 aromatic heterocycles. The number of nitrogens with one attached hydrogen (secondary N) is 2. The van der Waals surface area contributed by atoms with Crippen LogP contribution in [0.2, 0.25) is 5.02 Å². The Labute approximate surface area is 185 Å². The Bertz CT molecular complexity index is 1050. The Balaban J connectivity index is 1.91. The molecule has 0 aliphatic carbocycles. The summed E-state index contributed by atoms with van der Waals surface area (Å²) in [6, 6.07) is 15.1. The highest BCUT2D eigenvalue weighted by molar-refractivity contribution is 6.30. The van der Waals surface area contributed by atoms with Gasteiger partial charge < -0.3 is 20.6 Å². The van der Waals surface area contributed by atoms with Gasteiger partial charge in [-0.15, -0.1) is 0 Å². The molecule has 1 heterocycles. The van der Waals surface area contributed by atoms with Crippen LogP contribution in [0.25, 0.3) is 6.08 Å². The summed E-state index contributed by atoms with van der Waals surface area (Å²) in [5, 5.41) is 15.1. The molecule has 1 atom stereocenters. The van der Waals surface area contributed by atoms with Gasteiger partial charge in [-0.05, 0) is 30.2 Å². The third-order valence-electron chi connectivity index (χ3n) is 4.73. The van der Waals surface area contributed by atoms with Gasteiger partial charge in [0.15, 0.2) is 0 Å². The van der Waals surface area contributed by atoms with E-state index < -0.39 is 30.5 Å². The van der Waals surface area contributed by atoms with Crippen molar-refractivity contribution in [1.29, 1.82) is 0 Å². The first kappa shape index (κ1) is 22.1. The van der Waals surface area contributed by atoms with Crippen LogP contribution >= 0.6 is 11.6 Å². The number of hydrogen-bond acceptors (Lipinski definition) is 3. The Morgan fingerprint density at radius 3 is 2.58 bits per heavy atom. The highest BCUT2D eigenvalue weighted by Crippen LogP contribution is 2.29. The van der Waals surface area contributed by atoms with Crippen molar-refractivity contribution in [3.8, 4) is 0 Å². The van der Waals surface area contributed by atoms with E-state index in [2.05, 4.69) is 10.6 Å². The second kappa shape index (κ2) is 9.95. The fourth-order valence-corrected chi connectivity index (χ4v) is 3.55. The number of benzene rings is 2. The molecule has 0 radical (unpaired) electrons. The molecule has 31 heavy (non-hydrogen) atoms. The van der Waals surface area contributed by atoms with Crippen LogP contribution < -0.4 is 10.6 Å². The summed E-state index contributed by atoms with van der Waals surface area (Å²) in [5.74, 6) is -1.62. The van der Waals surface area contributed by atoms with Gasteiger partial charge in [0.2, 0.25) is 0 Å². The molecule has 1 aliphatic rings. The number of allylic oxidation sites excluding steroid dienone is 1. The number of rotatable bonds is 7. The average Bonchev–Trinajstić information content (AvgIpc) is 2.72. The second-order valence-electron chi connectivity index (χ2n) is 7.02. The number of aliphatic carboxylic acids is 1. The second-order valence-corrected chi connectivity index (χ2v) is 7.45. The van der Waals surface area contributed by atoms with Crippen LogP contribution in [0.4, 0.5) is 4.79 Å². The lowest BCUT2D eigenvalue weighted by Gasteiger charge is -2.31. The van der Waals surface area contributed by atoms with Gasteiger partial charge in [0.05, 0.1) is 11.6 Å². The lowest BCUT2D eigenvalue weighted by Crippen LogP contribution is -2.48. The van der Waals surface area contributed by atoms with Gasteiger partial charge in [0, 0.05) is 17.3 Å². The zero-order chi connectivity index (χ0) is 22.4. The fourth-order valence-electron chi connectivity index (χ4n) is 3.35. The molecule has 0 saturated heterocycles. The number of carbonyl (C=O) groups is 3. The van der Waals surface area contributed by atoms with E-state index in [1.54, 1.807) is 37.3 Å². The van der Waals surface area contributed by atoms with E-state index in [1.807, 2.05) is 36.4 Å². The normalized spacial score (nSPS) is 16.1. The average molecular weight is 440 g/mol. The van der Waals surface area contributed by atoms with Gasteiger partial charge in [0.25, 0.3) is 5.91 Å². The number of carboxylic acid groups (broad SMARTS) is 1. The van der Waals surface area contributed by atoms with E-state index in [1.165, 1.54) is 4.90 Å². The summed E-state index contributed by atoms with van der Waals surface area (Å²) in [7, 11) is 0. The molecule has 2 aromatic rings. The molecule has 0 bridgehead atoms. The van der Waals surface area contributed by atoms with E-state index in [9.17, 15) is 19.5 Å². The first-order valence-electron chi connectivity index (χ1n) is 9.61. The highest BCUT2D eigenvalue weighted by Gasteiger charge is 2.34. The number of carboxylic acids is 1. The summed E-state index contributed by atoms with van der Waals surface area (Å²) in [4.78, 5) is 38.1. The molecule has 0 fully saturated rings. The van der Waals surface area contributed by atoms with Crippen LogP contribution in [-0.4, -0.2) is 41.0 Å². The predicted octanol–water partition coefficient (Wildman–Crippen LogP) is 3.59. The van der Waals surface area contributed by atoms with E-state index >= 15 is 0 Å². The van der Waals surface area contributed by atoms with E-state index in [-0.39, 0.29) is 12.1 Å². The van der Waals surface area contributed by atoms with Gasteiger partial charge in [0.1, 0.15) is 6.54 Å². The molecule has 0 saturated carbocycles. The summed E-state index contributed by atoms with van der Waals surface area (Å²) in [6.45, 7) is 1.22. The van der Waals surface area contributed by atoms with Gasteiger partial charge >= 0.3 is 12.0 Å².